The predicted octanol–water partition coefficient (Wildman–Crippen LogP) is 2.17. The number of H-pyrrole nitrogens is 1. The maximum Gasteiger partial charge on any atom is 0.0220 e. The van der Waals surface area contributed by atoms with E-state index >= 15 is 0 Å². The van der Waals surface area contributed by atoms with Crippen molar-refractivity contribution in [3.63, 3.8) is 0 Å². The first kappa shape index (κ1) is 9.33. The van der Waals surface area contributed by atoms with Gasteiger partial charge in [0.25, 0.3) is 0 Å². The van der Waals surface area contributed by atoms with Crippen LogP contribution in [0.15, 0.2) is 6.07 Å². The highest BCUT2D eigenvalue weighted by molar-refractivity contribution is 5.26. The third kappa shape index (κ3) is 1.89. The van der Waals surface area contributed by atoms with Gasteiger partial charge >= 0.3 is 0 Å². The van der Waals surface area contributed by atoms with Crippen LogP contribution in [0, 0.1) is 6.92 Å². The van der Waals surface area contributed by atoms with Gasteiger partial charge in [-0.2, -0.15) is 0 Å². The third-order valence-corrected chi connectivity index (χ3v) is 2.13. The molecule has 2 N–H and O–H groups in total. The van der Waals surface area contributed by atoms with Crippen molar-refractivity contribution in [2.24, 2.45) is 0 Å². The van der Waals surface area contributed by atoms with Crippen LogP contribution in [0.2, 0.25) is 0 Å². The van der Waals surface area contributed by atoms with Crippen LogP contribution < -0.4 is 5.32 Å². The number of aromatic nitrogens is 1. The summed E-state index contributed by atoms with van der Waals surface area (Å²) < 4.78 is 0. The molecule has 0 amide bonds. The lowest BCUT2D eigenvalue weighted by molar-refractivity contribution is 0.812. The van der Waals surface area contributed by atoms with Crippen LogP contribution in [0.5, 0.6) is 0 Å². The van der Waals surface area contributed by atoms with E-state index in [4.69, 9.17) is 0 Å². The van der Waals surface area contributed by atoms with Gasteiger partial charge in [-0.3, -0.25) is 0 Å². The molecule has 12 heavy (non-hydrogen) atoms. The summed E-state index contributed by atoms with van der Waals surface area (Å²) >= 11 is 0. The number of nitrogens with one attached hydrogen (secondary N) is 2. The quantitative estimate of drug-likeness (QED) is 0.707. The van der Waals surface area contributed by atoms with Gasteiger partial charge in [-0.15, -0.1) is 0 Å². The molecule has 0 spiro atoms. The van der Waals surface area contributed by atoms with Crippen LogP contribution >= 0.6 is 0 Å². The number of aryl methyl sites for hydroxylation is 1. The van der Waals surface area contributed by atoms with Crippen molar-refractivity contribution >= 4 is 0 Å². The van der Waals surface area contributed by atoms with Crippen molar-refractivity contribution in [3.05, 3.63) is 23.0 Å². The number of aromatic amines is 1. The van der Waals surface area contributed by atoms with Gasteiger partial charge in [-0.05, 0) is 31.5 Å². The summed E-state index contributed by atoms with van der Waals surface area (Å²) in [7, 11) is 1.97. The first-order valence-corrected chi connectivity index (χ1v) is 4.48. The largest absolute Gasteiger partial charge is 0.362 e. The molecule has 0 saturated heterocycles. The first-order valence-electron chi connectivity index (χ1n) is 4.48. The molecule has 0 unspecified atom stereocenters. The van der Waals surface area contributed by atoms with E-state index in [2.05, 4.69) is 37.1 Å². The van der Waals surface area contributed by atoms with E-state index in [1.54, 1.807) is 0 Å². The van der Waals surface area contributed by atoms with Crippen molar-refractivity contribution in [1.29, 1.82) is 0 Å². The molecule has 1 aromatic heterocycles. The predicted molar refractivity (Wildman–Crippen MR) is 52.4 cm³/mol. The van der Waals surface area contributed by atoms with Crippen LogP contribution in [0.3, 0.4) is 0 Å². The molecule has 0 fully saturated rings. The van der Waals surface area contributed by atoms with Crippen LogP contribution in [-0.2, 0) is 6.54 Å². The SMILES string of the molecule is CNCc1cc(C(C)C)[nH]c1C. The van der Waals surface area contributed by atoms with Gasteiger partial charge < -0.3 is 10.3 Å². The molecule has 0 aliphatic heterocycles. The molecule has 1 aromatic rings. The second kappa shape index (κ2) is 3.76. The van der Waals surface area contributed by atoms with Gasteiger partial charge in [-0.1, -0.05) is 13.8 Å². The Hall–Kier alpha value is -0.760. The molecule has 0 bridgehead atoms. The van der Waals surface area contributed by atoms with Gasteiger partial charge in [-0.25, -0.2) is 0 Å². The average molecular weight is 166 g/mol. The standard InChI is InChI=1S/C10H18N2/c1-7(2)10-5-9(6-11-4)8(3)12-10/h5,7,11-12H,6H2,1-4H3. The zero-order chi connectivity index (χ0) is 9.14. The zero-order valence-corrected chi connectivity index (χ0v) is 8.36. The van der Waals surface area contributed by atoms with E-state index in [-0.39, 0.29) is 0 Å². The van der Waals surface area contributed by atoms with Gasteiger partial charge in [0.1, 0.15) is 0 Å². The second-order valence-electron chi connectivity index (χ2n) is 3.56. The molecule has 68 valence electrons. The van der Waals surface area contributed by atoms with Crippen molar-refractivity contribution in [1.82, 2.24) is 10.3 Å². The summed E-state index contributed by atoms with van der Waals surface area (Å²) in [6.07, 6.45) is 0. The smallest absolute Gasteiger partial charge is 0.0220 e. The summed E-state index contributed by atoms with van der Waals surface area (Å²) in [5.41, 5.74) is 3.99. The van der Waals surface area contributed by atoms with E-state index < -0.39 is 0 Å². The maximum absolute atomic E-state index is 3.39. The Labute approximate surface area is 74.4 Å². The highest BCUT2D eigenvalue weighted by Gasteiger charge is 2.05. The minimum absolute atomic E-state index is 0.592. The molecule has 0 aliphatic rings. The normalized spacial score (nSPS) is 11.1. The van der Waals surface area contributed by atoms with Crippen molar-refractivity contribution in [3.8, 4) is 0 Å². The van der Waals surface area contributed by atoms with E-state index in [0.717, 1.165) is 6.54 Å². The number of hydrogen-bond donors (Lipinski definition) is 2. The summed E-state index contributed by atoms with van der Waals surface area (Å²) in [6, 6.07) is 2.25. The zero-order valence-electron chi connectivity index (χ0n) is 8.36. The lowest BCUT2D eigenvalue weighted by Crippen LogP contribution is -2.04. The summed E-state index contributed by atoms with van der Waals surface area (Å²) in [5.74, 6) is 0.592. The van der Waals surface area contributed by atoms with E-state index in [0.29, 0.717) is 5.92 Å². The topological polar surface area (TPSA) is 27.8 Å². The molecule has 2 nitrogen and oxygen atoms in total. The lowest BCUT2D eigenvalue weighted by atomic mass is 10.1. The Morgan fingerprint density at radius 2 is 2.17 bits per heavy atom. The minimum atomic E-state index is 0.592. The fourth-order valence-electron chi connectivity index (χ4n) is 1.31. The number of rotatable bonds is 3. The molecular weight excluding hydrogens is 148 g/mol. The Morgan fingerprint density at radius 1 is 1.50 bits per heavy atom. The van der Waals surface area contributed by atoms with Gasteiger partial charge in [0.05, 0.1) is 0 Å². The average Bonchev–Trinajstić information content (AvgIpc) is 2.34. The molecule has 1 rings (SSSR count). The molecule has 0 atom stereocenters. The van der Waals surface area contributed by atoms with E-state index in [1.807, 2.05) is 7.05 Å². The van der Waals surface area contributed by atoms with Crippen LogP contribution in [0.1, 0.15) is 36.7 Å². The van der Waals surface area contributed by atoms with Crippen LogP contribution in [-0.4, -0.2) is 12.0 Å². The molecule has 1 heterocycles. The Kier molecular flexibility index (Phi) is 2.93. The summed E-state index contributed by atoms with van der Waals surface area (Å²) in [5, 5.41) is 3.16. The number of hydrogen-bond acceptors (Lipinski definition) is 1. The molecule has 0 aromatic carbocycles. The van der Waals surface area contributed by atoms with E-state index in [1.165, 1.54) is 17.0 Å². The van der Waals surface area contributed by atoms with Crippen molar-refractivity contribution < 1.29 is 0 Å². The fraction of sp³-hybridized carbons (Fsp3) is 0.600. The van der Waals surface area contributed by atoms with Crippen LogP contribution in [0.4, 0.5) is 0 Å². The maximum atomic E-state index is 3.39. The highest BCUT2D eigenvalue weighted by atomic mass is 14.8. The molecule has 0 aliphatic carbocycles. The molecule has 0 radical (unpaired) electrons. The Morgan fingerprint density at radius 3 is 2.58 bits per heavy atom. The third-order valence-electron chi connectivity index (χ3n) is 2.13. The Balaban J connectivity index is 2.85. The minimum Gasteiger partial charge on any atom is -0.362 e. The Bertz CT molecular complexity index is 248. The van der Waals surface area contributed by atoms with E-state index in [9.17, 15) is 0 Å². The lowest BCUT2D eigenvalue weighted by Gasteiger charge is -1.98. The van der Waals surface area contributed by atoms with Crippen molar-refractivity contribution in [2.45, 2.75) is 33.2 Å². The first-order chi connectivity index (χ1) is 5.65. The molecule has 2 heteroatoms. The molecule has 0 saturated carbocycles. The van der Waals surface area contributed by atoms with Gasteiger partial charge in [0, 0.05) is 17.9 Å². The van der Waals surface area contributed by atoms with Crippen molar-refractivity contribution in [2.75, 3.05) is 7.05 Å². The summed E-state index contributed by atoms with van der Waals surface area (Å²) in [6.45, 7) is 7.48. The summed E-state index contributed by atoms with van der Waals surface area (Å²) in [4.78, 5) is 3.39. The van der Waals surface area contributed by atoms with Gasteiger partial charge in [0.15, 0.2) is 0 Å². The van der Waals surface area contributed by atoms with Gasteiger partial charge in [0.2, 0.25) is 0 Å². The fourth-order valence-corrected chi connectivity index (χ4v) is 1.31. The van der Waals surface area contributed by atoms with Crippen LogP contribution in [0.25, 0.3) is 0 Å². The second-order valence-corrected chi connectivity index (χ2v) is 3.56. The monoisotopic (exact) mass is 166 g/mol. The highest BCUT2D eigenvalue weighted by Crippen LogP contribution is 2.17. The molecular formula is C10H18N2.